The van der Waals surface area contributed by atoms with Gasteiger partial charge in [0.2, 0.25) is 5.91 Å². The third-order valence-corrected chi connectivity index (χ3v) is 3.41. The number of carbonyl (C=O) groups excluding carboxylic acids is 1. The zero-order chi connectivity index (χ0) is 13.1. The smallest absolute Gasteiger partial charge is 0.224 e. The molecule has 1 aliphatic rings. The first-order valence-electron chi connectivity index (χ1n) is 6.62. The molecule has 20 heavy (non-hydrogen) atoms. The van der Waals surface area contributed by atoms with E-state index in [0.717, 1.165) is 18.8 Å². The van der Waals surface area contributed by atoms with Crippen molar-refractivity contribution in [2.75, 3.05) is 13.1 Å². The van der Waals surface area contributed by atoms with E-state index in [2.05, 4.69) is 23.4 Å². The molecule has 2 rings (SSSR count). The average molecular weight is 323 g/mol. The highest BCUT2D eigenvalue weighted by molar-refractivity contribution is 5.85. The zero-order valence-corrected chi connectivity index (χ0v) is 13.6. The number of aryl methyl sites for hydroxylation is 1. The Bertz CT molecular complexity index is 422. The molecule has 2 N–H and O–H groups in total. The highest BCUT2D eigenvalue weighted by atomic mass is 35.5. The van der Waals surface area contributed by atoms with Crippen molar-refractivity contribution < 1.29 is 4.79 Å². The van der Waals surface area contributed by atoms with E-state index in [4.69, 9.17) is 5.73 Å². The topological polar surface area (TPSA) is 64.2 Å². The van der Waals surface area contributed by atoms with Crippen molar-refractivity contribution in [3.05, 3.63) is 18.2 Å². The lowest BCUT2D eigenvalue weighted by Crippen LogP contribution is -2.32. The molecule has 1 aromatic heterocycles. The summed E-state index contributed by atoms with van der Waals surface area (Å²) in [5.41, 5.74) is 5.81. The standard InChI is InChI=1S/C13H22N4O.2ClH/c1-10(2)13-15-5-8-16(13)7-4-12(18)17-6-3-11(14)9-17;;/h5,8,10-11H,3-4,6-7,9,14H2,1-2H3;2*1H. The van der Waals surface area contributed by atoms with Crippen molar-refractivity contribution in [3.63, 3.8) is 0 Å². The van der Waals surface area contributed by atoms with Crippen molar-refractivity contribution in [2.45, 2.75) is 45.2 Å². The fraction of sp³-hybridized carbons (Fsp3) is 0.692. The minimum Gasteiger partial charge on any atom is -0.341 e. The Labute approximate surface area is 132 Å². The lowest BCUT2D eigenvalue weighted by molar-refractivity contribution is -0.130. The molecule has 0 spiro atoms. The quantitative estimate of drug-likeness (QED) is 0.919. The highest BCUT2D eigenvalue weighted by Crippen LogP contribution is 2.13. The molecule has 1 unspecified atom stereocenters. The third kappa shape index (κ3) is 4.65. The van der Waals surface area contributed by atoms with Gasteiger partial charge in [-0.15, -0.1) is 24.8 Å². The van der Waals surface area contributed by atoms with Crippen LogP contribution in [0.4, 0.5) is 0 Å². The predicted octanol–water partition coefficient (Wildman–Crippen LogP) is 1.80. The van der Waals surface area contributed by atoms with Crippen LogP contribution in [0.25, 0.3) is 0 Å². The fourth-order valence-corrected chi connectivity index (χ4v) is 2.40. The molecule has 1 atom stereocenters. The number of amides is 1. The maximum Gasteiger partial charge on any atom is 0.224 e. The third-order valence-electron chi connectivity index (χ3n) is 3.41. The number of rotatable bonds is 4. The van der Waals surface area contributed by atoms with Crippen molar-refractivity contribution in [1.29, 1.82) is 0 Å². The normalized spacial score (nSPS) is 17.8. The molecule has 0 bridgehead atoms. The van der Waals surface area contributed by atoms with Crippen molar-refractivity contribution in [1.82, 2.24) is 14.5 Å². The number of halogens is 2. The monoisotopic (exact) mass is 322 g/mol. The second-order valence-electron chi connectivity index (χ2n) is 5.27. The van der Waals surface area contributed by atoms with E-state index in [0.29, 0.717) is 25.4 Å². The first-order chi connectivity index (χ1) is 8.58. The van der Waals surface area contributed by atoms with Crippen LogP contribution in [-0.4, -0.2) is 39.5 Å². The van der Waals surface area contributed by atoms with Crippen LogP contribution in [-0.2, 0) is 11.3 Å². The molecule has 1 aliphatic heterocycles. The Kier molecular flexibility index (Phi) is 8.16. The van der Waals surface area contributed by atoms with Crippen LogP contribution in [0, 0.1) is 0 Å². The van der Waals surface area contributed by atoms with Gasteiger partial charge in [0.25, 0.3) is 0 Å². The van der Waals surface area contributed by atoms with E-state index >= 15 is 0 Å². The summed E-state index contributed by atoms with van der Waals surface area (Å²) >= 11 is 0. The molecule has 7 heteroatoms. The Morgan fingerprint density at radius 3 is 2.75 bits per heavy atom. The number of nitrogens with two attached hydrogens (primary N) is 1. The molecule has 1 aromatic rings. The van der Waals surface area contributed by atoms with Gasteiger partial charge in [0.05, 0.1) is 0 Å². The number of aromatic nitrogens is 2. The van der Waals surface area contributed by atoms with E-state index in [1.807, 2.05) is 11.1 Å². The molecule has 2 heterocycles. The van der Waals surface area contributed by atoms with Crippen molar-refractivity contribution in [2.24, 2.45) is 5.73 Å². The van der Waals surface area contributed by atoms with Crippen LogP contribution in [0.1, 0.15) is 38.4 Å². The average Bonchev–Trinajstić information content (AvgIpc) is 2.94. The summed E-state index contributed by atoms with van der Waals surface area (Å²) in [6.07, 6.45) is 5.20. The first-order valence-corrected chi connectivity index (χ1v) is 6.62. The van der Waals surface area contributed by atoms with Crippen LogP contribution in [0.5, 0.6) is 0 Å². The molecular formula is C13H24Cl2N4O. The second-order valence-corrected chi connectivity index (χ2v) is 5.27. The summed E-state index contributed by atoms with van der Waals surface area (Å²) in [6, 6.07) is 0.161. The van der Waals surface area contributed by atoms with Gasteiger partial charge in [-0.3, -0.25) is 4.79 Å². The van der Waals surface area contributed by atoms with Crippen LogP contribution >= 0.6 is 24.8 Å². The minimum absolute atomic E-state index is 0. The fourth-order valence-electron chi connectivity index (χ4n) is 2.40. The molecule has 1 amide bonds. The van der Waals surface area contributed by atoms with Crippen LogP contribution in [0.15, 0.2) is 12.4 Å². The van der Waals surface area contributed by atoms with Crippen LogP contribution < -0.4 is 5.73 Å². The van der Waals surface area contributed by atoms with Gasteiger partial charge in [-0.1, -0.05) is 13.8 Å². The van der Waals surface area contributed by atoms with E-state index in [-0.39, 0.29) is 36.8 Å². The second kappa shape index (κ2) is 8.49. The maximum atomic E-state index is 12.0. The maximum absolute atomic E-state index is 12.0. The highest BCUT2D eigenvalue weighted by Gasteiger charge is 2.23. The Balaban J connectivity index is 0.00000180. The molecule has 116 valence electrons. The van der Waals surface area contributed by atoms with Gasteiger partial charge < -0.3 is 15.2 Å². The van der Waals surface area contributed by atoms with Gasteiger partial charge in [-0.25, -0.2) is 4.98 Å². The summed E-state index contributed by atoms with van der Waals surface area (Å²) in [5, 5.41) is 0. The van der Waals surface area contributed by atoms with Gasteiger partial charge in [0, 0.05) is 50.4 Å². The van der Waals surface area contributed by atoms with Gasteiger partial charge in [0.15, 0.2) is 0 Å². The molecule has 1 fully saturated rings. The predicted molar refractivity (Wildman–Crippen MR) is 84.6 cm³/mol. The summed E-state index contributed by atoms with van der Waals surface area (Å²) in [4.78, 5) is 18.2. The molecular weight excluding hydrogens is 299 g/mol. The number of likely N-dealkylation sites (tertiary alicyclic amines) is 1. The zero-order valence-electron chi connectivity index (χ0n) is 12.0. The number of hydrogen-bond donors (Lipinski definition) is 1. The van der Waals surface area contributed by atoms with E-state index in [1.165, 1.54) is 0 Å². The van der Waals surface area contributed by atoms with Crippen LogP contribution in [0.3, 0.4) is 0 Å². The van der Waals surface area contributed by atoms with E-state index in [1.54, 1.807) is 6.20 Å². The van der Waals surface area contributed by atoms with Crippen LogP contribution in [0.2, 0.25) is 0 Å². The molecule has 0 aromatic carbocycles. The Morgan fingerprint density at radius 2 is 2.20 bits per heavy atom. The minimum atomic E-state index is 0. The molecule has 0 radical (unpaired) electrons. The number of carbonyl (C=O) groups is 1. The van der Waals surface area contributed by atoms with Crippen molar-refractivity contribution >= 4 is 30.7 Å². The summed E-state index contributed by atoms with van der Waals surface area (Å²) in [7, 11) is 0. The summed E-state index contributed by atoms with van der Waals surface area (Å²) in [6.45, 7) is 6.44. The lowest BCUT2D eigenvalue weighted by Gasteiger charge is -2.16. The molecule has 0 saturated carbocycles. The lowest BCUT2D eigenvalue weighted by atomic mass is 10.2. The van der Waals surface area contributed by atoms with Gasteiger partial charge in [0.1, 0.15) is 5.82 Å². The number of nitrogens with zero attached hydrogens (tertiary/aromatic N) is 3. The molecule has 5 nitrogen and oxygen atoms in total. The summed E-state index contributed by atoms with van der Waals surface area (Å²) in [5.74, 6) is 1.63. The van der Waals surface area contributed by atoms with Crippen molar-refractivity contribution in [3.8, 4) is 0 Å². The van der Waals surface area contributed by atoms with Gasteiger partial charge in [-0.05, 0) is 6.42 Å². The molecule has 0 aliphatic carbocycles. The Hall–Kier alpha value is -0.780. The number of hydrogen-bond acceptors (Lipinski definition) is 3. The number of imidazole rings is 1. The first kappa shape index (κ1) is 19.2. The van der Waals surface area contributed by atoms with Gasteiger partial charge in [-0.2, -0.15) is 0 Å². The largest absolute Gasteiger partial charge is 0.341 e. The molecule has 1 saturated heterocycles. The van der Waals surface area contributed by atoms with Gasteiger partial charge >= 0.3 is 0 Å². The SMILES string of the molecule is CC(C)c1nccn1CCC(=O)N1CCC(N)C1.Cl.Cl. The summed E-state index contributed by atoms with van der Waals surface area (Å²) < 4.78 is 2.07. The Morgan fingerprint density at radius 1 is 1.50 bits per heavy atom. The van der Waals surface area contributed by atoms with E-state index in [9.17, 15) is 4.79 Å². The van der Waals surface area contributed by atoms with E-state index < -0.39 is 0 Å².